The molecule has 2 aromatic heterocycles. The average Bonchev–Trinajstić information content (AvgIpc) is 3.07. The molecule has 0 saturated heterocycles. The zero-order valence-electron chi connectivity index (χ0n) is 15.6. The van der Waals surface area contributed by atoms with Gasteiger partial charge in [0.2, 0.25) is 5.43 Å². The molecule has 0 amide bonds. The summed E-state index contributed by atoms with van der Waals surface area (Å²) in [4.78, 5) is 22.0. The minimum atomic E-state index is -0.181. The van der Waals surface area contributed by atoms with Crippen molar-refractivity contribution in [2.45, 2.75) is 19.9 Å². The normalized spacial score (nSPS) is 11.7. The van der Waals surface area contributed by atoms with Gasteiger partial charge >= 0.3 is 0 Å². The van der Waals surface area contributed by atoms with E-state index in [2.05, 4.69) is 9.97 Å². The van der Waals surface area contributed by atoms with Gasteiger partial charge in [-0.1, -0.05) is 30.4 Å². The number of H-pyrrole nitrogens is 1. The van der Waals surface area contributed by atoms with Crippen molar-refractivity contribution in [2.24, 2.45) is 0 Å². The average molecular weight is 363 g/mol. The Hall–Kier alpha value is -3.12. The first-order chi connectivity index (χ1) is 13.0. The van der Waals surface area contributed by atoms with E-state index >= 15 is 0 Å². The molecule has 0 bridgehead atoms. The number of hydrogen-bond acceptors (Lipinski definition) is 4. The Morgan fingerprint density at radius 2 is 2.04 bits per heavy atom. The Kier molecular flexibility index (Phi) is 4.20. The number of nitrogens with zero attached hydrogens (tertiary/aromatic N) is 1. The molecule has 6 heteroatoms. The van der Waals surface area contributed by atoms with Gasteiger partial charge in [-0.25, -0.2) is 4.98 Å². The van der Waals surface area contributed by atoms with Gasteiger partial charge < -0.3 is 19.4 Å². The van der Waals surface area contributed by atoms with Crippen LogP contribution in [0.15, 0.2) is 45.8 Å². The van der Waals surface area contributed by atoms with Crippen LogP contribution < -0.4 is 15.4 Å². The van der Waals surface area contributed by atoms with Crippen LogP contribution in [-0.4, -0.2) is 24.1 Å². The summed E-state index contributed by atoms with van der Waals surface area (Å²) in [5.74, 6) is 0.432. The quantitative estimate of drug-likeness (QED) is 0.577. The van der Waals surface area contributed by atoms with Crippen molar-refractivity contribution < 1.29 is 14.4 Å². The van der Waals surface area contributed by atoms with Crippen molar-refractivity contribution >= 4 is 22.0 Å². The number of nitrogens with one attached hydrogen (secondary N) is 2. The number of aromatic amines is 1. The summed E-state index contributed by atoms with van der Waals surface area (Å²) < 4.78 is 5.81. The molecule has 0 aliphatic carbocycles. The molecule has 0 atom stereocenters. The summed E-state index contributed by atoms with van der Waals surface area (Å²) in [7, 11) is 3.93. The number of benzene rings is 2. The number of quaternary nitrogens is 1. The van der Waals surface area contributed by atoms with E-state index in [0.29, 0.717) is 46.4 Å². The lowest BCUT2D eigenvalue weighted by atomic mass is 10.0. The smallest absolute Gasteiger partial charge is 0.203 e. The third-order valence-electron chi connectivity index (χ3n) is 4.74. The molecule has 0 aliphatic rings. The van der Waals surface area contributed by atoms with Crippen LogP contribution in [0.1, 0.15) is 18.1 Å². The Balaban J connectivity index is 1.98. The Bertz CT molecular complexity index is 1170. The summed E-state index contributed by atoms with van der Waals surface area (Å²) in [5.41, 5.74) is 3.39. The first-order valence-corrected chi connectivity index (χ1v) is 9.01. The summed E-state index contributed by atoms with van der Waals surface area (Å²) in [6.07, 6.45) is 1.97. The summed E-state index contributed by atoms with van der Waals surface area (Å²) in [5, 5.41) is 13.2. The van der Waals surface area contributed by atoms with Gasteiger partial charge in [-0.3, -0.25) is 4.79 Å². The van der Waals surface area contributed by atoms with Gasteiger partial charge in [-0.15, -0.1) is 0 Å². The van der Waals surface area contributed by atoms with Crippen molar-refractivity contribution in [1.82, 2.24) is 9.97 Å². The number of rotatable bonds is 4. The molecule has 27 heavy (non-hydrogen) atoms. The molecular weight excluding hydrogens is 342 g/mol. The molecule has 6 nitrogen and oxygen atoms in total. The zero-order valence-corrected chi connectivity index (χ0v) is 15.6. The largest absolute Gasteiger partial charge is 0.872 e. The van der Waals surface area contributed by atoms with Crippen LogP contribution >= 0.6 is 0 Å². The minimum absolute atomic E-state index is 0.0363. The SMILES string of the molecule is CCc1cc2c(=O)c(-c3nc4ccccc4[nH]3)coc2c(C[NH+](C)C)c1[O-]. The number of hydrogen-bond donors (Lipinski definition) is 2. The van der Waals surface area contributed by atoms with Crippen LogP contribution in [0.25, 0.3) is 33.4 Å². The molecule has 2 aromatic carbocycles. The first-order valence-electron chi connectivity index (χ1n) is 9.01. The van der Waals surface area contributed by atoms with Crippen molar-refractivity contribution in [3.63, 3.8) is 0 Å². The van der Waals surface area contributed by atoms with E-state index in [4.69, 9.17) is 4.42 Å². The van der Waals surface area contributed by atoms with Crippen LogP contribution in [0.5, 0.6) is 5.75 Å². The highest BCUT2D eigenvalue weighted by Gasteiger charge is 2.18. The second-order valence-corrected chi connectivity index (χ2v) is 7.04. The van der Waals surface area contributed by atoms with Crippen molar-refractivity contribution in [2.75, 3.05) is 14.1 Å². The van der Waals surface area contributed by atoms with E-state index in [0.717, 1.165) is 15.9 Å². The van der Waals surface area contributed by atoms with Crippen LogP contribution in [0.3, 0.4) is 0 Å². The summed E-state index contributed by atoms with van der Waals surface area (Å²) >= 11 is 0. The highest BCUT2D eigenvalue weighted by atomic mass is 16.3. The predicted octanol–water partition coefficient (Wildman–Crippen LogP) is 1.62. The molecule has 2 N–H and O–H groups in total. The first kappa shape index (κ1) is 17.3. The molecule has 4 rings (SSSR count). The fraction of sp³-hybridized carbons (Fsp3) is 0.238. The number of imidazole rings is 1. The molecule has 138 valence electrons. The lowest BCUT2D eigenvalue weighted by Gasteiger charge is -2.20. The molecule has 0 saturated carbocycles. The number of aromatic nitrogens is 2. The van der Waals surface area contributed by atoms with Gasteiger partial charge in [0.25, 0.3) is 0 Å². The Morgan fingerprint density at radius 3 is 2.74 bits per heavy atom. The van der Waals surface area contributed by atoms with Gasteiger partial charge in [-0.05, 0) is 24.6 Å². The van der Waals surface area contributed by atoms with Crippen LogP contribution in [0.4, 0.5) is 0 Å². The van der Waals surface area contributed by atoms with Crippen molar-refractivity contribution in [3.8, 4) is 17.1 Å². The van der Waals surface area contributed by atoms with Gasteiger partial charge in [0.15, 0.2) is 0 Å². The van der Waals surface area contributed by atoms with Crippen LogP contribution in [0, 0.1) is 0 Å². The number of fused-ring (bicyclic) bond motifs is 2. The van der Waals surface area contributed by atoms with Gasteiger partial charge in [-0.2, -0.15) is 0 Å². The van der Waals surface area contributed by atoms with Crippen LogP contribution in [0.2, 0.25) is 0 Å². The Morgan fingerprint density at radius 1 is 1.26 bits per heavy atom. The number of aryl methyl sites for hydroxylation is 1. The second-order valence-electron chi connectivity index (χ2n) is 7.04. The van der Waals surface area contributed by atoms with Crippen molar-refractivity contribution in [1.29, 1.82) is 0 Å². The molecule has 0 radical (unpaired) electrons. The molecular formula is C21H21N3O3. The minimum Gasteiger partial charge on any atom is -0.872 e. The number of para-hydroxylation sites is 2. The topological polar surface area (TPSA) is 86.4 Å². The monoisotopic (exact) mass is 363 g/mol. The molecule has 0 unspecified atom stereocenters. The molecule has 2 heterocycles. The fourth-order valence-corrected chi connectivity index (χ4v) is 3.40. The maximum absolute atomic E-state index is 13.2. The van der Waals surface area contributed by atoms with Gasteiger partial charge in [0, 0.05) is 5.56 Å². The summed E-state index contributed by atoms with van der Waals surface area (Å²) in [6, 6.07) is 9.27. The lowest BCUT2D eigenvalue weighted by Crippen LogP contribution is -3.04. The fourth-order valence-electron chi connectivity index (χ4n) is 3.40. The van der Waals surface area contributed by atoms with E-state index in [-0.39, 0.29) is 11.2 Å². The highest BCUT2D eigenvalue weighted by Crippen LogP contribution is 2.29. The molecule has 0 fully saturated rings. The van der Waals surface area contributed by atoms with Crippen molar-refractivity contribution in [3.05, 3.63) is 57.9 Å². The van der Waals surface area contributed by atoms with E-state index in [9.17, 15) is 9.90 Å². The second kappa shape index (κ2) is 6.55. The van der Waals surface area contributed by atoms with Gasteiger partial charge in [0.1, 0.15) is 29.8 Å². The molecule has 4 aromatic rings. The summed E-state index contributed by atoms with van der Waals surface area (Å²) in [6.45, 7) is 2.41. The van der Waals surface area contributed by atoms with E-state index in [1.165, 1.54) is 6.26 Å². The Labute approximate surface area is 156 Å². The van der Waals surface area contributed by atoms with E-state index < -0.39 is 0 Å². The third kappa shape index (κ3) is 2.88. The molecule has 0 aliphatic heterocycles. The molecule has 0 spiro atoms. The van der Waals surface area contributed by atoms with E-state index in [1.807, 2.05) is 45.3 Å². The highest BCUT2D eigenvalue weighted by molar-refractivity contribution is 5.87. The third-order valence-corrected chi connectivity index (χ3v) is 4.74. The van der Waals surface area contributed by atoms with E-state index in [1.54, 1.807) is 6.07 Å². The van der Waals surface area contributed by atoms with Gasteiger partial charge in [0.05, 0.1) is 30.5 Å². The standard InChI is InChI=1S/C21H21N3O3/c1-4-12-9-13-19(26)15(21-22-16-7-5-6-8-17(16)23-21)11-27-20(13)14(18(12)25)10-24(2)3/h5-9,11,25H,4,10H2,1-3H3,(H,22,23). The maximum atomic E-state index is 13.2. The maximum Gasteiger partial charge on any atom is 0.203 e. The van der Waals surface area contributed by atoms with Crippen LogP contribution in [-0.2, 0) is 13.0 Å². The lowest BCUT2D eigenvalue weighted by molar-refractivity contribution is -0.872. The predicted molar refractivity (Wildman–Crippen MR) is 103 cm³/mol. The zero-order chi connectivity index (χ0) is 19.1.